The van der Waals surface area contributed by atoms with Gasteiger partial charge in [-0.15, -0.1) is 11.3 Å². The fraction of sp³-hybridized carbons (Fsp3) is 0.579. The topological polar surface area (TPSA) is 45.5 Å². The highest BCUT2D eigenvalue weighted by atomic mass is 32.1. The summed E-state index contributed by atoms with van der Waals surface area (Å²) >= 11 is 1.82. The summed E-state index contributed by atoms with van der Waals surface area (Å²) in [6, 6.07) is 4.34. The van der Waals surface area contributed by atoms with E-state index in [1.54, 1.807) is 0 Å². The number of aryl methyl sites for hydroxylation is 1. The van der Waals surface area contributed by atoms with E-state index in [-0.39, 0.29) is 5.41 Å². The minimum Gasteiger partial charge on any atom is -0.355 e. The summed E-state index contributed by atoms with van der Waals surface area (Å²) in [6.07, 6.45) is 6.42. The quantitative estimate of drug-likeness (QED) is 0.659. The summed E-state index contributed by atoms with van der Waals surface area (Å²) in [5, 5.41) is 10.0. The second-order valence-electron chi connectivity index (χ2n) is 7.59. The minimum absolute atomic E-state index is 0.110. The summed E-state index contributed by atoms with van der Waals surface area (Å²) in [5.74, 6) is 1.70. The molecule has 0 aliphatic carbocycles. The molecule has 136 valence electrons. The maximum atomic E-state index is 4.52. The molecule has 0 amide bonds. The van der Waals surface area contributed by atoms with Crippen LogP contribution in [0, 0.1) is 5.92 Å². The molecule has 25 heavy (non-hydrogen) atoms. The van der Waals surface area contributed by atoms with E-state index >= 15 is 0 Å². The predicted molar refractivity (Wildman–Crippen MR) is 105 cm³/mol. The average Bonchev–Trinajstić information content (AvgIpc) is 3.31. The van der Waals surface area contributed by atoms with Crippen molar-refractivity contribution < 1.29 is 0 Å². The number of rotatable bonds is 5. The molecule has 2 aromatic heterocycles. The SMILES string of the molecule is CN=C(NCC(C)(C)c1cccs1)N1CCC(Cc2cnn(C)c2)C1. The molecule has 0 bridgehead atoms. The first-order chi connectivity index (χ1) is 12.0. The Morgan fingerprint density at radius 2 is 2.32 bits per heavy atom. The largest absolute Gasteiger partial charge is 0.355 e. The zero-order valence-electron chi connectivity index (χ0n) is 15.7. The smallest absolute Gasteiger partial charge is 0.193 e. The van der Waals surface area contributed by atoms with Crippen molar-refractivity contribution >= 4 is 17.3 Å². The first-order valence-electron chi connectivity index (χ1n) is 8.95. The Kier molecular flexibility index (Phi) is 5.47. The lowest BCUT2D eigenvalue weighted by atomic mass is 9.91. The highest BCUT2D eigenvalue weighted by Crippen LogP contribution is 2.27. The molecule has 0 aromatic carbocycles. The number of likely N-dealkylation sites (tertiary alicyclic amines) is 1. The first-order valence-corrected chi connectivity index (χ1v) is 9.83. The number of aromatic nitrogens is 2. The van der Waals surface area contributed by atoms with Gasteiger partial charge >= 0.3 is 0 Å². The number of guanidine groups is 1. The summed E-state index contributed by atoms with van der Waals surface area (Å²) in [4.78, 5) is 8.32. The molecule has 1 atom stereocenters. The van der Waals surface area contributed by atoms with Crippen molar-refractivity contribution in [1.82, 2.24) is 20.0 Å². The molecule has 2 aromatic rings. The van der Waals surface area contributed by atoms with E-state index in [4.69, 9.17) is 0 Å². The van der Waals surface area contributed by atoms with Crippen LogP contribution in [0.2, 0.25) is 0 Å². The van der Waals surface area contributed by atoms with Crippen LogP contribution in [0.25, 0.3) is 0 Å². The molecule has 1 N–H and O–H groups in total. The Hall–Kier alpha value is -1.82. The Labute approximate surface area is 154 Å². The van der Waals surface area contributed by atoms with Gasteiger partial charge in [0, 0.05) is 50.2 Å². The van der Waals surface area contributed by atoms with E-state index in [0.717, 1.165) is 32.0 Å². The van der Waals surface area contributed by atoms with Crippen LogP contribution in [0.15, 0.2) is 34.9 Å². The van der Waals surface area contributed by atoms with E-state index in [1.165, 1.54) is 16.9 Å². The molecule has 6 heteroatoms. The molecular weight excluding hydrogens is 330 g/mol. The second kappa shape index (κ2) is 7.60. The third kappa shape index (κ3) is 4.42. The highest BCUT2D eigenvalue weighted by Gasteiger charge is 2.27. The summed E-state index contributed by atoms with van der Waals surface area (Å²) in [7, 11) is 3.86. The molecule has 0 radical (unpaired) electrons. The van der Waals surface area contributed by atoms with Gasteiger partial charge in [0.25, 0.3) is 0 Å². The zero-order valence-corrected chi connectivity index (χ0v) is 16.5. The van der Waals surface area contributed by atoms with Gasteiger partial charge in [-0.3, -0.25) is 9.67 Å². The van der Waals surface area contributed by atoms with Crippen molar-refractivity contribution in [3.05, 3.63) is 40.3 Å². The standard InChI is InChI=1S/C19H29N5S/c1-19(2,17-6-5-9-25-17)14-21-18(20-3)24-8-7-15(13-24)10-16-11-22-23(4)12-16/h5-6,9,11-12,15H,7-8,10,13-14H2,1-4H3,(H,20,21). The second-order valence-corrected chi connectivity index (χ2v) is 8.54. The Morgan fingerprint density at radius 1 is 1.48 bits per heavy atom. The molecule has 1 aliphatic heterocycles. The molecule has 0 spiro atoms. The van der Waals surface area contributed by atoms with Gasteiger partial charge in [-0.05, 0) is 35.8 Å². The number of nitrogens with zero attached hydrogens (tertiary/aromatic N) is 4. The Balaban J connectivity index is 1.53. The van der Waals surface area contributed by atoms with Crippen molar-refractivity contribution in [3.8, 4) is 0 Å². The fourth-order valence-electron chi connectivity index (χ4n) is 3.49. The van der Waals surface area contributed by atoms with Crippen LogP contribution in [0.1, 0.15) is 30.7 Å². The van der Waals surface area contributed by atoms with E-state index in [0.29, 0.717) is 5.92 Å². The minimum atomic E-state index is 0.110. The fourth-order valence-corrected chi connectivity index (χ4v) is 4.34. The molecular formula is C19H29N5S. The van der Waals surface area contributed by atoms with Crippen LogP contribution in [-0.2, 0) is 18.9 Å². The highest BCUT2D eigenvalue weighted by molar-refractivity contribution is 7.10. The maximum Gasteiger partial charge on any atom is 0.193 e. The summed E-state index contributed by atoms with van der Waals surface area (Å²) in [5.41, 5.74) is 1.44. The lowest BCUT2D eigenvalue weighted by molar-refractivity contribution is 0.442. The molecule has 5 nitrogen and oxygen atoms in total. The van der Waals surface area contributed by atoms with Gasteiger partial charge in [0.15, 0.2) is 5.96 Å². The molecule has 3 heterocycles. The van der Waals surface area contributed by atoms with Crippen LogP contribution in [-0.4, -0.2) is 47.3 Å². The van der Waals surface area contributed by atoms with Crippen LogP contribution >= 0.6 is 11.3 Å². The van der Waals surface area contributed by atoms with Gasteiger partial charge in [-0.1, -0.05) is 19.9 Å². The van der Waals surface area contributed by atoms with E-state index < -0.39 is 0 Å². The Bertz CT molecular complexity index is 701. The molecule has 1 fully saturated rings. The molecule has 1 saturated heterocycles. The molecule has 0 saturated carbocycles. The third-order valence-electron chi connectivity index (χ3n) is 4.96. The number of hydrogen-bond donors (Lipinski definition) is 1. The number of hydrogen-bond acceptors (Lipinski definition) is 3. The van der Waals surface area contributed by atoms with Crippen LogP contribution in [0.5, 0.6) is 0 Å². The van der Waals surface area contributed by atoms with Gasteiger partial charge in [-0.25, -0.2) is 0 Å². The summed E-state index contributed by atoms with van der Waals surface area (Å²) in [6.45, 7) is 7.60. The van der Waals surface area contributed by atoms with Crippen molar-refractivity contribution in [2.45, 2.75) is 32.1 Å². The lowest BCUT2D eigenvalue weighted by Crippen LogP contribution is -2.44. The third-order valence-corrected chi connectivity index (χ3v) is 6.19. The van der Waals surface area contributed by atoms with Gasteiger partial charge in [0.1, 0.15) is 0 Å². The van der Waals surface area contributed by atoms with Crippen LogP contribution < -0.4 is 5.32 Å². The van der Waals surface area contributed by atoms with Crippen molar-refractivity contribution in [2.24, 2.45) is 18.0 Å². The van der Waals surface area contributed by atoms with E-state index in [1.807, 2.05) is 36.3 Å². The number of nitrogens with one attached hydrogen (secondary N) is 1. The normalized spacial score (nSPS) is 18.8. The zero-order chi connectivity index (χ0) is 17.9. The first kappa shape index (κ1) is 18.0. The van der Waals surface area contributed by atoms with Crippen molar-refractivity contribution in [1.29, 1.82) is 0 Å². The van der Waals surface area contributed by atoms with E-state index in [9.17, 15) is 0 Å². The predicted octanol–water partition coefficient (Wildman–Crippen LogP) is 2.90. The number of aliphatic imine (C=N–C) groups is 1. The van der Waals surface area contributed by atoms with Crippen molar-refractivity contribution in [3.63, 3.8) is 0 Å². The van der Waals surface area contributed by atoms with E-state index in [2.05, 4.69) is 57.9 Å². The lowest BCUT2D eigenvalue weighted by Gasteiger charge is -2.28. The van der Waals surface area contributed by atoms with Crippen LogP contribution in [0.3, 0.4) is 0 Å². The van der Waals surface area contributed by atoms with Gasteiger partial charge in [0.2, 0.25) is 0 Å². The molecule has 1 aliphatic rings. The number of thiophene rings is 1. The van der Waals surface area contributed by atoms with Crippen LogP contribution in [0.4, 0.5) is 0 Å². The average molecular weight is 360 g/mol. The maximum absolute atomic E-state index is 4.52. The summed E-state index contributed by atoms with van der Waals surface area (Å²) < 4.78 is 1.88. The van der Waals surface area contributed by atoms with Gasteiger partial charge in [0.05, 0.1) is 6.20 Å². The monoisotopic (exact) mass is 359 g/mol. The molecule has 1 unspecified atom stereocenters. The van der Waals surface area contributed by atoms with Gasteiger partial charge < -0.3 is 10.2 Å². The molecule has 3 rings (SSSR count). The van der Waals surface area contributed by atoms with Crippen molar-refractivity contribution in [2.75, 3.05) is 26.7 Å². The Morgan fingerprint density at radius 3 is 2.96 bits per heavy atom. The van der Waals surface area contributed by atoms with Gasteiger partial charge in [-0.2, -0.15) is 5.10 Å².